The summed E-state index contributed by atoms with van der Waals surface area (Å²) in [6.07, 6.45) is 0. The zero-order valence-electron chi connectivity index (χ0n) is 9.68. The Balaban J connectivity index is 2.99. The molecule has 6 heteroatoms. The van der Waals surface area contributed by atoms with Crippen LogP contribution in [0.1, 0.15) is 24.2 Å². The Morgan fingerprint density at radius 2 is 1.65 bits per heavy atom. The van der Waals surface area contributed by atoms with Crippen LogP contribution in [0, 0.1) is 5.82 Å². The van der Waals surface area contributed by atoms with E-state index in [9.17, 15) is 13.8 Å². The highest BCUT2D eigenvalue weighted by molar-refractivity contribution is 7.72. The average Bonchev–Trinajstić information content (AvgIpc) is 2.30. The van der Waals surface area contributed by atoms with Gasteiger partial charge in [-0.05, 0) is 38.1 Å². The van der Waals surface area contributed by atoms with Gasteiger partial charge in [0.2, 0.25) is 0 Å². The second kappa shape index (κ2) is 6.05. The molecule has 94 valence electrons. The summed E-state index contributed by atoms with van der Waals surface area (Å²) in [6, 6.07) is 4.75. The molecular weight excluding hydrogens is 246 g/mol. The molecule has 17 heavy (non-hydrogen) atoms. The minimum absolute atomic E-state index is 0.101. The number of carbonyl (C=O) groups excluding carboxylic acids is 1. The quantitative estimate of drug-likeness (QED) is 0.737. The third kappa shape index (κ3) is 3.46. The van der Waals surface area contributed by atoms with E-state index < -0.39 is 18.9 Å². The van der Waals surface area contributed by atoms with Crippen LogP contribution in [-0.2, 0) is 13.6 Å². The van der Waals surface area contributed by atoms with Gasteiger partial charge < -0.3 is 9.05 Å². The Bertz CT molecular complexity index is 420. The molecule has 1 rings (SSSR count). The maximum atomic E-state index is 12.7. The first-order valence-electron chi connectivity index (χ1n) is 5.23. The number of hydrogen-bond donors (Lipinski definition) is 0. The smallest absolute Gasteiger partial charge is 0.303 e. The molecule has 0 saturated heterocycles. The van der Waals surface area contributed by atoms with Crippen molar-refractivity contribution in [1.82, 2.24) is 0 Å². The first-order valence-corrected chi connectivity index (χ1v) is 6.77. The molecule has 0 bridgehead atoms. The summed E-state index contributed by atoms with van der Waals surface area (Å²) in [5.41, 5.74) is -0.641. The maximum Gasteiger partial charge on any atom is 0.401 e. The highest BCUT2D eigenvalue weighted by atomic mass is 31.2. The summed E-state index contributed by atoms with van der Waals surface area (Å²) in [5, 5.41) is 0. The molecule has 0 fully saturated rings. The van der Waals surface area contributed by atoms with Crippen molar-refractivity contribution in [3.8, 4) is 0 Å². The number of halogens is 1. The van der Waals surface area contributed by atoms with E-state index in [1.807, 2.05) is 0 Å². The molecule has 0 spiro atoms. The molecule has 0 saturated carbocycles. The van der Waals surface area contributed by atoms with Crippen molar-refractivity contribution in [2.75, 3.05) is 13.2 Å². The van der Waals surface area contributed by atoms with Crippen LogP contribution >= 0.6 is 7.60 Å². The van der Waals surface area contributed by atoms with E-state index in [-0.39, 0.29) is 18.8 Å². The number of rotatable bonds is 6. The van der Waals surface area contributed by atoms with Crippen LogP contribution in [0.3, 0.4) is 0 Å². The molecule has 1 aromatic rings. The summed E-state index contributed by atoms with van der Waals surface area (Å²) in [7, 11) is -3.81. The van der Waals surface area contributed by atoms with Crippen LogP contribution in [0.4, 0.5) is 4.39 Å². The fourth-order valence-corrected chi connectivity index (χ4v) is 2.70. The molecule has 0 aromatic heterocycles. The third-order valence-electron chi connectivity index (χ3n) is 1.94. The van der Waals surface area contributed by atoms with Gasteiger partial charge in [0.05, 0.1) is 13.2 Å². The van der Waals surface area contributed by atoms with E-state index in [2.05, 4.69) is 0 Å². The lowest BCUT2D eigenvalue weighted by molar-refractivity contribution is 0.100. The molecule has 0 N–H and O–H groups in total. The molecular formula is C11H14FO4P. The molecule has 4 nitrogen and oxygen atoms in total. The topological polar surface area (TPSA) is 52.6 Å². The first-order chi connectivity index (χ1) is 8.03. The second-order valence-corrected chi connectivity index (χ2v) is 5.06. The minimum Gasteiger partial charge on any atom is -0.303 e. The Morgan fingerprint density at radius 3 is 2.06 bits per heavy atom. The number of hydrogen-bond acceptors (Lipinski definition) is 4. The number of benzene rings is 1. The van der Waals surface area contributed by atoms with E-state index in [1.165, 1.54) is 12.1 Å². The van der Waals surface area contributed by atoms with Crippen molar-refractivity contribution in [3.63, 3.8) is 0 Å². The summed E-state index contributed by atoms with van der Waals surface area (Å²) < 4.78 is 34.6. The molecule has 0 unspecified atom stereocenters. The largest absolute Gasteiger partial charge is 0.401 e. The molecule has 1 aromatic carbocycles. The summed E-state index contributed by atoms with van der Waals surface area (Å²) in [6.45, 7) is 3.43. The lowest BCUT2D eigenvalue weighted by atomic mass is 10.2. The van der Waals surface area contributed by atoms with E-state index in [0.29, 0.717) is 0 Å². The van der Waals surface area contributed by atoms with Crippen LogP contribution in [0.2, 0.25) is 0 Å². The van der Waals surface area contributed by atoms with E-state index >= 15 is 0 Å². The van der Waals surface area contributed by atoms with Gasteiger partial charge in [-0.1, -0.05) is 0 Å². The van der Waals surface area contributed by atoms with E-state index in [1.54, 1.807) is 13.8 Å². The molecule has 0 aliphatic heterocycles. The molecule has 0 radical (unpaired) electrons. The van der Waals surface area contributed by atoms with Gasteiger partial charge in [-0.3, -0.25) is 9.36 Å². The molecule has 0 amide bonds. The zero-order valence-corrected chi connectivity index (χ0v) is 10.6. The highest BCUT2D eigenvalue weighted by Crippen LogP contribution is 2.50. The molecule has 0 atom stereocenters. The van der Waals surface area contributed by atoms with Crippen molar-refractivity contribution in [2.24, 2.45) is 0 Å². The van der Waals surface area contributed by atoms with Gasteiger partial charge in [-0.15, -0.1) is 0 Å². The van der Waals surface area contributed by atoms with Gasteiger partial charge in [0.15, 0.2) is 0 Å². The minimum atomic E-state index is -3.81. The first kappa shape index (κ1) is 14.0. The Morgan fingerprint density at radius 1 is 1.18 bits per heavy atom. The van der Waals surface area contributed by atoms with Gasteiger partial charge in [0, 0.05) is 5.56 Å². The fraction of sp³-hybridized carbons (Fsp3) is 0.364. The van der Waals surface area contributed by atoms with Crippen molar-refractivity contribution < 1.29 is 22.8 Å². The lowest BCUT2D eigenvalue weighted by Gasteiger charge is -2.15. The van der Waals surface area contributed by atoms with Gasteiger partial charge in [-0.2, -0.15) is 0 Å². The summed E-state index contributed by atoms with van der Waals surface area (Å²) >= 11 is 0. The van der Waals surface area contributed by atoms with Crippen LogP contribution < -0.4 is 0 Å². The molecule has 0 aliphatic rings. The SMILES string of the molecule is CCOP(=O)(OCC)C(=O)c1ccc(F)cc1. The predicted molar refractivity (Wildman–Crippen MR) is 61.6 cm³/mol. The predicted octanol–water partition coefficient (Wildman–Crippen LogP) is 3.23. The van der Waals surface area contributed by atoms with Crippen molar-refractivity contribution >= 4 is 13.1 Å². The van der Waals surface area contributed by atoms with Crippen LogP contribution in [-0.4, -0.2) is 18.7 Å². The van der Waals surface area contributed by atoms with Crippen molar-refractivity contribution in [3.05, 3.63) is 35.6 Å². The third-order valence-corrected chi connectivity index (χ3v) is 3.89. The summed E-state index contributed by atoms with van der Waals surface area (Å²) in [5.74, 6) is -0.468. The van der Waals surface area contributed by atoms with E-state index in [0.717, 1.165) is 12.1 Å². The Labute approximate surface area is 99.3 Å². The van der Waals surface area contributed by atoms with Gasteiger partial charge in [0.25, 0.3) is 5.52 Å². The maximum absolute atomic E-state index is 12.7. The average molecular weight is 260 g/mol. The molecule has 0 heterocycles. The van der Waals surface area contributed by atoms with Crippen molar-refractivity contribution in [2.45, 2.75) is 13.8 Å². The number of carbonyl (C=O) groups is 1. The van der Waals surface area contributed by atoms with Crippen LogP contribution in [0.25, 0.3) is 0 Å². The molecule has 0 aliphatic carbocycles. The normalized spacial score (nSPS) is 11.5. The van der Waals surface area contributed by atoms with Crippen LogP contribution in [0.15, 0.2) is 24.3 Å². The second-order valence-electron chi connectivity index (χ2n) is 3.15. The Kier molecular flexibility index (Phi) is 5.00. The highest BCUT2D eigenvalue weighted by Gasteiger charge is 2.34. The van der Waals surface area contributed by atoms with Crippen LogP contribution in [0.5, 0.6) is 0 Å². The van der Waals surface area contributed by atoms with Gasteiger partial charge in [-0.25, -0.2) is 4.39 Å². The monoisotopic (exact) mass is 260 g/mol. The van der Waals surface area contributed by atoms with Gasteiger partial charge in [0.1, 0.15) is 5.82 Å². The Hall–Kier alpha value is -1.03. The summed E-state index contributed by atoms with van der Waals surface area (Å²) in [4.78, 5) is 11.9. The lowest BCUT2D eigenvalue weighted by Crippen LogP contribution is -2.07. The fourth-order valence-electron chi connectivity index (χ4n) is 1.25. The standard InChI is InChI=1S/C11H14FO4P/c1-3-15-17(14,16-4-2)11(13)9-5-7-10(12)8-6-9/h5-8H,3-4H2,1-2H3. The van der Waals surface area contributed by atoms with E-state index in [4.69, 9.17) is 9.05 Å². The zero-order chi connectivity index (χ0) is 12.9. The van der Waals surface area contributed by atoms with Gasteiger partial charge >= 0.3 is 7.60 Å². The van der Waals surface area contributed by atoms with Crippen molar-refractivity contribution in [1.29, 1.82) is 0 Å².